The van der Waals surface area contributed by atoms with Gasteiger partial charge in [-0.15, -0.1) is 0 Å². The average Bonchev–Trinajstić information content (AvgIpc) is 3.66. The Morgan fingerprint density at radius 2 is 0.981 bits per heavy atom. The summed E-state index contributed by atoms with van der Waals surface area (Å²) >= 11 is 0. The van der Waals surface area contributed by atoms with Crippen LogP contribution in [0.5, 0.6) is 0 Å². The lowest BCUT2D eigenvalue weighted by Gasteiger charge is -2.22. The number of hydrogen-bond donors (Lipinski definition) is 0. The van der Waals surface area contributed by atoms with Gasteiger partial charge in [-0.1, -0.05) is 153 Å². The molecule has 2 heterocycles. The van der Waals surface area contributed by atoms with Crippen molar-refractivity contribution >= 4 is 21.8 Å². The van der Waals surface area contributed by atoms with E-state index in [0.29, 0.717) is 17.5 Å². The Bertz CT molecular complexity index is 2740. The molecule has 0 saturated carbocycles. The highest BCUT2D eigenvalue weighted by Crippen LogP contribution is 2.54. The number of fused-ring (bicyclic) bond motifs is 6. The summed E-state index contributed by atoms with van der Waals surface area (Å²) in [6.07, 6.45) is 0. The van der Waals surface area contributed by atoms with Gasteiger partial charge in [-0.3, -0.25) is 0 Å². The molecule has 0 bridgehead atoms. The van der Waals surface area contributed by atoms with Crippen LogP contribution in [0.4, 0.5) is 0 Å². The van der Waals surface area contributed by atoms with Crippen molar-refractivity contribution in [3.05, 3.63) is 181 Å². The highest BCUT2D eigenvalue weighted by atomic mass is 15.0. The van der Waals surface area contributed by atoms with Crippen LogP contribution in [0.1, 0.15) is 25.0 Å². The van der Waals surface area contributed by atoms with Crippen molar-refractivity contribution in [2.75, 3.05) is 0 Å². The van der Waals surface area contributed by atoms with Crippen molar-refractivity contribution in [1.82, 2.24) is 19.5 Å². The van der Waals surface area contributed by atoms with Gasteiger partial charge in [0.05, 0.1) is 11.0 Å². The molecule has 246 valence electrons. The van der Waals surface area contributed by atoms with Crippen LogP contribution in [0.3, 0.4) is 0 Å². The van der Waals surface area contributed by atoms with Gasteiger partial charge in [0.25, 0.3) is 0 Å². The number of rotatable bonds is 5. The summed E-state index contributed by atoms with van der Waals surface area (Å²) in [6.45, 7) is 4.65. The summed E-state index contributed by atoms with van der Waals surface area (Å²) < 4.78 is 2.36. The average molecular weight is 667 g/mol. The van der Waals surface area contributed by atoms with Crippen molar-refractivity contribution in [1.29, 1.82) is 0 Å². The molecule has 9 aromatic rings. The Balaban J connectivity index is 1.29. The highest BCUT2D eigenvalue weighted by Gasteiger charge is 2.38. The Morgan fingerprint density at radius 1 is 0.404 bits per heavy atom. The van der Waals surface area contributed by atoms with Crippen LogP contribution in [0.15, 0.2) is 170 Å². The van der Waals surface area contributed by atoms with E-state index in [2.05, 4.69) is 152 Å². The van der Waals surface area contributed by atoms with Crippen LogP contribution < -0.4 is 0 Å². The van der Waals surface area contributed by atoms with E-state index >= 15 is 0 Å². The van der Waals surface area contributed by atoms with E-state index in [1.807, 2.05) is 36.4 Å². The van der Waals surface area contributed by atoms with E-state index in [1.54, 1.807) is 0 Å². The number of nitrogens with zero attached hydrogens (tertiary/aromatic N) is 4. The van der Waals surface area contributed by atoms with Crippen molar-refractivity contribution in [3.8, 4) is 62.1 Å². The standard InChI is InChI=1S/C48H34N4/c1-48(2)39-24-14-12-23-37(39)43-40(48)28-27-35(33-26-29-42-38(30-33)36-22-13-15-25-41(36)52(42)34-20-10-5-11-21-34)44(43)47-50-45(31-16-6-3-7-17-31)49-46(51-47)32-18-8-4-9-19-32/h3-30H,1-2H3. The van der Waals surface area contributed by atoms with Gasteiger partial charge < -0.3 is 4.57 Å². The van der Waals surface area contributed by atoms with E-state index in [0.717, 1.165) is 33.5 Å². The van der Waals surface area contributed by atoms with E-state index < -0.39 is 0 Å². The quantitative estimate of drug-likeness (QED) is 0.184. The fourth-order valence-corrected chi connectivity index (χ4v) is 8.18. The van der Waals surface area contributed by atoms with Crippen molar-refractivity contribution in [2.24, 2.45) is 0 Å². The molecule has 0 radical (unpaired) electrons. The SMILES string of the molecule is CC1(C)c2ccccc2-c2c1ccc(-c1ccc3c(c1)c1ccccc1n3-c1ccccc1)c2-c1nc(-c2ccccc2)nc(-c2ccccc2)n1. The van der Waals surface area contributed by atoms with Crippen molar-refractivity contribution < 1.29 is 0 Å². The molecule has 10 rings (SSSR count). The summed E-state index contributed by atoms with van der Waals surface area (Å²) in [5.41, 5.74) is 13.4. The van der Waals surface area contributed by atoms with Gasteiger partial charge in [0.15, 0.2) is 17.5 Å². The summed E-state index contributed by atoms with van der Waals surface area (Å²) in [5.74, 6) is 1.97. The smallest absolute Gasteiger partial charge is 0.165 e. The van der Waals surface area contributed by atoms with Crippen LogP contribution in [0.2, 0.25) is 0 Å². The van der Waals surface area contributed by atoms with Gasteiger partial charge >= 0.3 is 0 Å². The minimum Gasteiger partial charge on any atom is -0.309 e. The maximum atomic E-state index is 5.31. The van der Waals surface area contributed by atoms with Crippen molar-refractivity contribution in [2.45, 2.75) is 19.3 Å². The third kappa shape index (κ3) is 4.65. The molecule has 52 heavy (non-hydrogen) atoms. The number of aromatic nitrogens is 4. The molecule has 2 aromatic heterocycles. The van der Waals surface area contributed by atoms with Gasteiger partial charge in [-0.25, -0.2) is 15.0 Å². The van der Waals surface area contributed by atoms with Crippen LogP contribution in [0, 0.1) is 0 Å². The zero-order valence-corrected chi connectivity index (χ0v) is 29.0. The predicted molar refractivity (Wildman–Crippen MR) is 213 cm³/mol. The molecular formula is C48H34N4. The molecule has 7 aromatic carbocycles. The molecule has 0 atom stereocenters. The number of hydrogen-bond acceptors (Lipinski definition) is 3. The summed E-state index contributed by atoms with van der Waals surface area (Å²) in [7, 11) is 0. The highest BCUT2D eigenvalue weighted by molar-refractivity contribution is 6.11. The zero-order chi connectivity index (χ0) is 34.8. The van der Waals surface area contributed by atoms with Crippen LogP contribution in [0.25, 0.3) is 83.9 Å². The van der Waals surface area contributed by atoms with Crippen LogP contribution >= 0.6 is 0 Å². The monoisotopic (exact) mass is 666 g/mol. The molecule has 0 amide bonds. The first-order valence-electron chi connectivity index (χ1n) is 17.8. The number of benzene rings is 7. The fourth-order valence-electron chi connectivity index (χ4n) is 8.18. The molecule has 0 aliphatic heterocycles. The molecule has 0 N–H and O–H groups in total. The minimum absolute atomic E-state index is 0.191. The molecule has 0 saturated heterocycles. The van der Waals surface area contributed by atoms with E-state index in [4.69, 9.17) is 15.0 Å². The molecule has 0 spiro atoms. The fraction of sp³-hybridized carbons (Fsp3) is 0.0625. The van der Waals surface area contributed by atoms with Gasteiger partial charge in [0, 0.05) is 38.6 Å². The van der Waals surface area contributed by atoms with E-state index in [1.165, 1.54) is 44.1 Å². The molecule has 0 unspecified atom stereocenters. The maximum Gasteiger partial charge on any atom is 0.165 e. The summed E-state index contributed by atoms with van der Waals surface area (Å²) in [4.78, 5) is 15.7. The molecule has 4 heteroatoms. The first-order valence-corrected chi connectivity index (χ1v) is 17.8. The Labute approximate surface area is 302 Å². The first kappa shape index (κ1) is 30.2. The topological polar surface area (TPSA) is 43.6 Å². The second-order valence-electron chi connectivity index (χ2n) is 14.0. The lowest BCUT2D eigenvalue weighted by Crippen LogP contribution is -2.15. The largest absolute Gasteiger partial charge is 0.309 e. The molecular weight excluding hydrogens is 633 g/mol. The Morgan fingerprint density at radius 3 is 1.69 bits per heavy atom. The normalized spacial score (nSPS) is 13.0. The molecule has 1 aliphatic carbocycles. The second kappa shape index (κ2) is 11.7. The number of para-hydroxylation sites is 2. The Hall–Kier alpha value is -6.65. The van der Waals surface area contributed by atoms with E-state index in [-0.39, 0.29) is 5.41 Å². The third-order valence-corrected chi connectivity index (χ3v) is 10.7. The third-order valence-electron chi connectivity index (χ3n) is 10.7. The summed E-state index contributed by atoms with van der Waals surface area (Å²) in [5, 5.41) is 2.42. The molecule has 4 nitrogen and oxygen atoms in total. The van der Waals surface area contributed by atoms with Gasteiger partial charge in [-0.05, 0) is 63.7 Å². The van der Waals surface area contributed by atoms with Crippen molar-refractivity contribution in [3.63, 3.8) is 0 Å². The van der Waals surface area contributed by atoms with Crippen LogP contribution in [-0.4, -0.2) is 19.5 Å². The zero-order valence-electron chi connectivity index (χ0n) is 29.0. The second-order valence-corrected chi connectivity index (χ2v) is 14.0. The van der Waals surface area contributed by atoms with Gasteiger partial charge in [0.1, 0.15) is 0 Å². The van der Waals surface area contributed by atoms with Gasteiger partial charge in [0.2, 0.25) is 0 Å². The molecule has 0 fully saturated rings. The van der Waals surface area contributed by atoms with Gasteiger partial charge in [-0.2, -0.15) is 0 Å². The lowest BCUT2D eigenvalue weighted by atomic mass is 9.81. The minimum atomic E-state index is -0.191. The lowest BCUT2D eigenvalue weighted by molar-refractivity contribution is 0.660. The predicted octanol–water partition coefficient (Wildman–Crippen LogP) is 11.9. The Kier molecular flexibility index (Phi) is 6.80. The van der Waals surface area contributed by atoms with Crippen LogP contribution in [-0.2, 0) is 5.41 Å². The molecule has 1 aliphatic rings. The van der Waals surface area contributed by atoms with E-state index in [9.17, 15) is 0 Å². The summed E-state index contributed by atoms with van der Waals surface area (Å²) in [6, 6.07) is 60.1. The maximum absolute atomic E-state index is 5.31. The first-order chi connectivity index (χ1) is 25.6.